The van der Waals surface area contributed by atoms with Crippen LogP contribution in [0.5, 0.6) is 0 Å². The molecule has 1 N–H and O–H groups in total. The van der Waals surface area contributed by atoms with Crippen LogP contribution in [0.3, 0.4) is 0 Å². The number of fused-ring (bicyclic) bond motifs is 1. The van der Waals surface area contributed by atoms with Crippen LogP contribution in [-0.2, 0) is 6.42 Å². The van der Waals surface area contributed by atoms with Gasteiger partial charge in [-0.3, -0.25) is 0 Å². The average Bonchev–Trinajstić information content (AvgIpc) is 2.44. The molecule has 3 rings (SSSR count). The van der Waals surface area contributed by atoms with E-state index in [0.717, 1.165) is 24.3 Å². The Morgan fingerprint density at radius 1 is 1.11 bits per heavy atom. The molecule has 1 nitrogen and oxygen atoms in total. The Morgan fingerprint density at radius 3 is 2.74 bits per heavy atom. The monoisotopic (exact) mass is 257 g/mol. The molecule has 0 aliphatic heterocycles. The third kappa shape index (κ3) is 2.86. The summed E-state index contributed by atoms with van der Waals surface area (Å²) in [5, 5.41) is 3.54. The lowest BCUT2D eigenvalue weighted by Crippen LogP contribution is -2.36. The summed E-state index contributed by atoms with van der Waals surface area (Å²) in [4.78, 5) is 0. The van der Waals surface area contributed by atoms with Crippen LogP contribution in [0.15, 0.2) is 24.3 Å². The molecule has 2 aliphatic carbocycles. The van der Waals surface area contributed by atoms with Crippen LogP contribution in [0.2, 0.25) is 0 Å². The summed E-state index contributed by atoms with van der Waals surface area (Å²) in [6.07, 6.45) is 8.47. The highest BCUT2D eigenvalue weighted by atomic mass is 14.9. The van der Waals surface area contributed by atoms with Gasteiger partial charge >= 0.3 is 0 Å². The van der Waals surface area contributed by atoms with Crippen molar-refractivity contribution in [2.45, 2.75) is 51.4 Å². The molecule has 0 aromatic heterocycles. The number of aryl methyl sites for hydroxylation is 1. The van der Waals surface area contributed by atoms with Crippen molar-refractivity contribution < 1.29 is 0 Å². The van der Waals surface area contributed by atoms with Crippen LogP contribution < -0.4 is 5.32 Å². The highest BCUT2D eigenvalue weighted by Crippen LogP contribution is 2.44. The topological polar surface area (TPSA) is 12.0 Å². The third-order valence-corrected chi connectivity index (χ3v) is 5.31. The Morgan fingerprint density at radius 2 is 1.95 bits per heavy atom. The molecule has 1 heteroatoms. The molecule has 104 valence electrons. The highest BCUT2D eigenvalue weighted by Gasteiger charge is 2.33. The Balaban J connectivity index is 1.62. The standard InChI is InChI=1S/C18H27N/c1-2-19-13-17-11-10-15(17)12-16-8-5-7-14-6-3-4-9-18(14)16/h3-4,6,9,15-17,19H,2,5,7-8,10-13H2,1H3. The van der Waals surface area contributed by atoms with E-state index in [9.17, 15) is 0 Å². The summed E-state index contributed by atoms with van der Waals surface area (Å²) in [7, 11) is 0. The zero-order valence-corrected chi connectivity index (χ0v) is 12.2. The third-order valence-electron chi connectivity index (χ3n) is 5.31. The van der Waals surface area contributed by atoms with Crippen LogP contribution in [0.25, 0.3) is 0 Å². The van der Waals surface area contributed by atoms with Crippen molar-refractivity contribution in [1.29, 1.82) is 0 Å². The molecule has 1 aromatic carbocycles. The maximum absolute atomic E-state index is 3.54. The van der Waals surface area contributed by atoms with Gasteiger partial charge in [-0.15, -0.1) is 0 Å². The van der Waals surface area contributed by atoms with E-state index in [1.165, 1.54) is 45.1 Å². The first-order valence-electron chi connectivity index (χ1n) is 8.17. The van der Waals surface area contributed by atoms with Gasteiger partial charge in [-0.05, 0) is 80.5 Å². The summed E-state index contributed by atoms with van der Waals surface area (Å²) in [6.45, 7) is 4.58. The fourth-order valence-electron chi connectivity index (χ4n) is 4.01. The Hall–Kier alpha value is -0.820. The molecule has 3 atom stereocenters. The van der Waals surface area contributed by atoms with Crippen molar-refractivity contribution in [2.75, 3.05) is 13.1 Å². The molecule has 0 saturated heterocycles. The van der Waals surface area contributed by atoms with Crippen molar-refractivity contribution in [3.63, 3.8) is 0 Å². The molecule has 1 fully saturated rings. The van der Waals surface area contributed by atoms with Crippen LogP contribution in [0, 0.1) is 11.8 Å². The SMILES string of the molecule is CCNCC1CCC1CC1CCCc2ccccc21. The maximum Gasteiger partial charge on any atom is -0.00180 e. The van der Waals surface area contributed by atoms with E-state index in [4.69, 9.17) is 0 Å². The molecular weight excluding hydrogens is 230 g/mol. The lowest BCUT2D eigenvalue weighted by Gasteiger charge is -2.40. The quantitative estimate of drug-likeness (QED) is 0.836. The second-order valence-corrected chi connectivity index (χ2v) is 6.43. The first kappa shape index (κ1) is 13.2. The second-order valence-electron chi connectivity index (χ2n) is 6.43. The molecule has 3 unspecified atom stereocenters. The zero-order chi connectivity index (χ0) is 13.1. The van der Waals surface area contributed by atoms with Crippen molar-refractivity contribution in [1.82, 2.24) is 5.32 Å². The molecule has 0 radical (unpaired) electrons. The summed E-state index contributed by atoms with van der Waals surface area (Å²) >= 11 is 0. The van der Waals surface area contributed by atoms with Gasteiger partial charge in [0.2, 0.25) is 0 Å². The van der Waals surface area contributed by atoms with Crippen molar-refractivity contribution >= 4 is 0 Å². The van der Waals surface area contributed by atoms with Gasteiger partial charge < -0.3 is 5.32 Å². The van der Waals surface area contributed by atoms with Crippen LogP contribution in [0.4, 0.5) is 0 Å². The number of hydrogen-bond donors (Lipinski definition) is 1. The fraction of sp³-hybridized carbons (Fsp3) is 0.667. The minimum Gasteiger partial charge on any atom is -0.317 e. The summed E-state index contributed by atoms with van der Waals surface area (Å²) in [5.41, 5.74) is 3.30. The molecule has 19 heavy (non-hydrogen) atoms. The smallest absolute Gasteiger partial charge is 0.00180 e. The maximum atomic E-state index is 3.54. The molecular formula is C18H27N. The lowest BCUT2D eigenvalue weighted by atomic mass is 9.67. The minimum absolute atomic E-state index is 0.847. The van der Waals surface area contributed by atoms with Gasteiger partial charge in [0.25, 0.3) is 0 Å². The molecule has 0 heterocycles. The fourth-order valence-corrected chi connectivity index (χ4v) is 4.01. The van der Waals surface area contributed by atoms with E-state index < -0.39 is 0 Å². The van der Waals surface area contributed by atoms with Crippen LogP contribution in [0.1, 0.15) is 56.1 Å². The number of benzene rings is 1. The molecule has 1 saturated carbocycles. The van der Waals surface area contributed by atoms with E-state index in [0.29, 0.717) is 0 Å². The van der Waals surface area contributed by atoms with Gasteiger partial charge in [0.15, 0.2) is 0 Å². The van der Waals surface area contributed by atoms with Crippen LogP contribution >= 0.6 is 0 Å². The van der Waals surface area contributed by atoms with Crippen molar-refractivity contribution in [3.05, 3.63) is 35.4 Å². The van der Waals surface area contributed by atoms with E-state index >= 15 is 0 Å². The molecule has 0 amide bonds. The normalized spacial score (nSPS) is 29.6. The van der Waals surface area contributed by atoms with E-state index in [1.54, 1.807) is 11.1 Å². The number of hydrogen-bond acceptors (Lipinski definition) is 1. The number of rotatable bonds is 5. The van der Waals surface area contributed by atoms with Crippen molar-refractivity contribution in [3.8, 4) is 0 Å². The highest BCUT2D eigenvalue weighted by molar-refractivity contribution is 5.32. The van der Waals surface area contributed by atoms with Gasteiger partial charge in [-0.25, -0.2) is 0 Å². The van der Waals surface area contributed by atoms with Crippen LogP contribution in [-0.4, -0.2) is 13.1 Å². The summed E-state index contributed by atoms with van der Waals surface area (Å²) in [5.74, 6) is 2.78. The predicted molar refractivity (Wildman–Crippen MR) is 81.5 cm³/mol. The zero-order valence-electron chi connectivity index (χ0n) is 12.2. The van der Waals surface area contributed by atoms with Gasteiger partial charge in [0, 0.05) is 0 Å². The summed E-state index contributed by atoms with van der Waals surface area (Å²) in [6, 6.07) is 9.17. The van der Waals surface area contributed by atoms with E-state index in [-0.39, 0.29) is 0 Å². The summed E-state index contributed by atoms with van der Waals surface area (Å²) < 4.78 is 0. The Bertz CT molecular complexity index is 412. The van der Waals surface area contributed by atoms with Gasteiger partial charge in [-0.1, -0.05) is 31.2 Å². The number of nitrogens with one attached hydrogen (secondary N) is 1. The van der Waals surface area contributed by atoms with E-state index in [2.05, 4.69) is 36.5 Å². The van der Waals surface area contributed by atoms with Gasteiger partial charge in [0.1, 0.15) is 0 Å². The first-order chi connectivity index (χ1) is 9.38. The largest absolute Gasteiger partial charge is 0.317 e. The average molecular weight is 257 g/mol. The van der Waals surface area contributed by atoms with Gasteiger partial charge in [0.05, 0.1) is 0 Å². The molecule has 0 bridgehead atoms. The Labute approximate surface area is 117 Å². The first-order valence-corrected chi connectivity index (χ1v) is 8.17. The molecule has 1 aromatic rings. The van der Waals surface area contributed by atoms with Gasteiger partial charge in [-0.2, -0.15) is 0 Å². The Kier molecular flexibility index (Phi) is 4.22. The molecule has 0 spiro atoms. The van der Waals surface area contributed by atoms with Crippen molar-refractivity contribution in [2.24, 2.45) is 11.8 Å². The molecule has 2 aliphatic rings. The minimum atomic E-state index is 0.847. The predicted octanol–water partition coefficient (Wildman–Crippen LogP) is 4.13. The lowest BCUT2D eigenvalue weighted by molar-refractivity contribution is 0.148. The second kappa shape index (κ2) is 6.09. The van der Waals surface area contributed by atoms with E-state index in [1.807, 2.05) is 0 Å².